The van der Waals surface area contributed by atoms with Gasteiger partial charge in [0.15, 0.2) is 0 Å². The van der Waals surface area contributed by atoms with E-state index in [4.69, 9.17) is 5.11 Å². The number of carbonyl (C=O) groups excluding carboxylic acids is 1. The van der Waals surface area contributed by atoms with Gasteiger partial charge in [0.1, 0.15) is 0 Å². The van der Waals surface area contributed by atoms with Crippen LogP contribution in [0.4, 0.5) is 5.69 Å². The van der Waals surface area contributed by atoms with Crippen molar-refractivity contribution in [1.82, 2.24) is 5.32 Å². The third-order valence-corrected chi connectivity index (χ3v) is 3.99. The summed E-state index contributed by atoms with van der Waals surface area (Å²) in [5, 5.41) is 14.9. The average Bonchev–Trinajstić information content (AvgIpc) is 2.60. The Bertz CT molecular complexity index is 628. The number of carbonyl (C=O) groups is 1. The standard InChI is InChI=1S/C19H24N2O2/c1-14(16-7-4-3-5-8-16)15(2)21-18-10-6-9-17(13-18)19(23)20-11-12-22/h3-10,13-15,21-22H,11-12H2,1-2H3,(H,20,23). The molecule has 0 aliphatic rings. The van der Waals surface area contributed by atoms with Crippen molar-refractivity contribution in [3.8, 4) is 0 Å². The van der Waals surface area contributed by atoms with Crippen LogP contribution in [0.3, 0.4) is 0 Å². The van der Waals surface area contributed by atoms with Crippen LogP contribution in [0.25, 0.3) is 0 Å². The van der Waals surface area contributed by atoms with Crippen LogP contribution in [0.15, 0.2) is 54.6 Å². The number of anilines is 1. The molecule has 2 unspecified atom stereocenters. The molecule has 0 radical (unpaired) electrons. The molecule has 1 amide bonds. The first-order valence-electron chi connectivity index (χ1n) is 7.92. The number of benzene rings is 2. The molecule has 4 heteroatoms. The lowest BCUT2D eigenvalue weighted by molar-refractivity contribution is 0.0945. The molecular weight excluding hydrogens is 288 g/mol. The Morgan fingerprint density at radius 2 is 1.83 bits per heavy atom. The van der Waals surface area contributed by atoms with Gasteiger partial charge in [0, 0.05) is 29.8 Å². The largest absolute Gasteiger partial charge is 0.395 e. The fourth-order valence-electron chi connectivity index (χ4n) is 2.45. The van der Waals surface area contributed by atoms with E-state index in [1.807, 2.05) is 36.4 Å². The number of aliphatic hydroxyl groups excluding tert-OH is 1. The van der Waals surface area contributed by atoms with E-state index in [0.29, 0.717) is 11.5 Å². The highest BCUT2D eigenvalue weighted by molar-refractivity contribution is 5.95. The van der Waals surface area contributed by atoms with E-state index in [0.717, 1.165) is 5.69 Å². The lowest BCUT2D eigenvalue weighted by Gasteiger charge is -2.23. The number of nitrogens with one attached hydrogen (secondary N) is 2. The zero-order chi connectivity index (χ0) is 16.7. The first kappa shape index (κ1) is 17.0. The zero-order valence-corrected chi connectivity index (χ0v) is 13.6. The van der Waals surface area contributed by atoms with Gasteiger partial charge < -0.3 is 15.7 Å². The average molecular weight is 312 g/mol. The van der Waals surface area contributed by atoms with Gasteiger partial charge >= 0.3 is 0 Å². The summed E-state index contributed by atoms with van der Waals surface area (Å²) in [5.74, 6) is 0.175. The molecule has 2 atom stereocenters. The minimum Gasteiger partial charge on any atom is -0.395 e. The van der Waals surface area contributed by atoms with Crippen LogP contribution in [-0.2, 0) is 0 Å². The van der Waals surface area contributed by atoms with E-state index in [-0.39, 0.29) is 25.1 Å². The second kappa shape index (κ2) is 8.34. The second-order valence-corrected chi connectivity index (χ2v) is 5.69. The summed E-state index contributed by atoms with van der Waals surface area (Å²) in [7, 11) is 0. The molecule has 0 aliphatic heterocycles. The number of hydrogen-bond acceptors (Lipinski definition) is 3. The third-order valence-electron chi connectivity index (χ3n) is 3.99. The second-order valence-electron chi connectivity index (χ2n) is 5.69. The Balaban J connectivity index is 2.03. The molecule has 0 saturated carbocycles. The molecule has 3 N–H and O–H groups in total. The van der Waals surface area contributed by atoms with Gasteiger partial charge in [0.2, 0.25) is 0 Å². The van der Waals surface area contributed by atoms with E-state index in [2.05, 4.69) is 36.6 Å². The third kappa shape index (κ3) is 4.83. The Morgan fingerprint density at radius 1 is 1.09 bits per heavy atom. The monoisotopic (exact) mass is 312 g/mol. The van der Waals surface area contributed by atoms with Gasteiger partial charge in [0.05, 0.1) is 6.61 Å². The summed E-state index contributed by atoms with van der Waals surface area (Å²) in [6.07, 6.45) is 0. The molecule has 23 heavy (non-hydrogen) atoms. The summed E-state index contributed by atoms with van der Waals surface area (Å²) < 4.78 is 0. The van der Waals surface area contributed by atoms with E-state index >= 15 is 0 Å². The van der Waals surface area contributed by atoms with Crippen LogP contribution < -0.4 is 10.6 Å². The summed E-state index contributed by atoms with van der Waals surface area (Å²) in [6, 6.07) is 18.0. The lowest BCUT2D eigenvalue weighted by atomic mass is 9.94. The topological polar surface area (TPSA) is 61.4 Å². The number of aliphatic hydroxyl groups is 1. The first-order valence-corrected chi connectivity index (χ1v) is 7.92. The molecule has 0 aliphatic carbocycles. The van der Waals surface area contributed by atoms with E-state index in [9.17, 15) is 4.79 Å². The van der Waals surface area contributed by atoms with Crippen molar-refractivity contribution in [2.75, 3.05) is 18.5 Å². The van der Waals surface area contributed by atoms with Crippen molar-refractivity contribution in [2.24, 2.45) is 0 Å². The van der Waals surface area contributed by atoms with Crippen LogP contribution in [0.5, 0.6) is 0 Å². The summed E-state index contributed by atoms with van der Waals surface area (Å²) in [6.45, 7) is 4.52. The number of hydrogen-bond donors (Lipinski definition) is 3. The number of rotatable bonds is 7. The molecule has 2 aromatic carbocycles. The van der Waals surface area contributed by atoms with Crippen LogP contribution in [0.1, 0.15) is 35.7 Å². The molecular formula is C19H24N2O2. The van der Waals surface area contributed by atoms with Crippen LogP contribution in [-0.4, -0.2) is 30.2 Å². The van der Waals surface area contributed by atoms with E-state index in [1.54, 1.807) is 6.07 Å². The molecule has 2 rings (SSSR count). The van der Waals surface area contributed by atoms with Gasteiger partial charge in [0.25, 0.3) is 5.91 Å². The van der Waals surface area contributed by atoms with E-state index < -0.39 is 0 Å². The van der Waals surface area contributed by atoms with Gasteiger partial charge in [-0.2, -0.15) is 0 Å². The Labute approximate surface area is 137 Å². The molecule has 0 fully saturated rings. The Kier molecular flexibility index (Phi) is 6.18. The molecule has 0 bridgehead atoms. The van der Waals surface area contributed by atoms with Crippen molar-refractivity contribution >= 4 is 11.6 Å². The predicted octanol–water partition coefficient (Wildman–Crippen LogP) is 3.01. The quantitative estimate of drug-likeness (QED) is 0.736. The maximum atomic E-state index is 11.9. The predicted molar refractivity (Wildman–Crippen MR) is 93.8 cm³/mol. The highest BCUT2D eigenvalue weighted by Gasteiger charge is 2.14. The minimum absolute atomic E-state index is 0.0602. The molecule has 122 valence electrons. The smallest absolute Gasteiger partial charge is 0.251 e. The highest BCUT2D eigenvalue weighted by atomic mass is 16.3. The normalized spacial score (nSPS) is 13.2. The fraction of sp³-hybridized carbons (Fsp3) is 0.316. The minimum atomic E-state index is -0.175. The Morgan fingerprint density at radius 3 is 2.52 bits per heavy atom. The highest BCUT2D eigenvalue weighted by Crippen LogP contribution is 2.22. The maximum absolute atomic E-state index is 11.9. The van der Waals surface area contributed by atoms with Gasteiger partial charge in [-0.3, -0.25) is 4.79 Å². The van der Waals surface area contributed by atoms with Crippen molar-refractivity contribution < 1.29 is 9.90 Å². The Hall–Kier alpha value is -2.33. The van der Waals surface area contributed by atoms with Crippen molar-refractivity contribution in [2.45, 2.75) is 25.8 Å². The molecule has 0 heterocycles. The lowest BCUT2D eigenvalue weighted by Crippen LogP contribution is -2.26. The van der Waals surface area contributed by atoms with Crippen LogP contribution >= 0.6 is 0 Å². The van der Waals surface area contributed by atoms with E-state index in [1.165, 1.54) is 5.56 Å². The van der Waals surface area contributed by atoms with Gasteiger partial charge in [-0.05, 0) is 30.7 Å². The fourth-order valence-corrected chi connectivity index (χ4v) is 2.45. The molecule has 0 aromatic heterocycles. The molecule has 0 spiro atoms. The molecule has 0 saturated heterocycles. The van der Waals surface area contributed by atoms with Crippen LogP contribution in [0, 0.1) is 0 Å². The maximum Gasteiger partial charge on any atom is 0.251 e. The number of amides is 1. The SMILES string of the molecule is CC(Nc1cccc(C(=O)NCCO)c1)C(C)c1ccccc1. The first-order chi connectivity index (χ1) is 11.1. The summed E-state index contributed by atoms with van der Waals surface area (Å²) >= 11 is 0. The summed E-state index contributed by atoms with van der Waals surface area (Å²) in [4.78, 5) is 11.9. The van der Waals surface area contributed by atoms with Gasteiger partial charge in [-0.1, -0.05) is 43.3 Å². The van der Waals surface area contributed by atoms with Crippen LogP contribution in [0.2, 0.25) is 0 Å². The van der Waals surface area contributed by atoms with Gasteiger partial charge in [-0.15, -0.1) is 0 Å². The van der Waals surface area contributed by atoms with Crippen molar-refractivity contribution in [3.05, 3.63) is 65.7 Å². The molecule has 4 nitrogen and oxygen atoms in total. The van der Waals surface area contributed by atoms with Gasteiger partial charge in [-0.25, -0.2) is 0 Å². The zero-order valence-electron chi connectivity index (χ0n) is 13.6. The van der Waals surface area contributed by atoms with Crippen molar-refractivity contribution in [3.63, 3.8) is 0 Å². The summed E-state index contributed by atoms with van der Waals surface area (Å²) in [5.41, 5.74) is 2.78. The van der Waals surface area contributed by atoms with Crippen molar-refractivity contribution in [1.29, 1.82) is 0 Å². The molecule has 2 aromatic rings.